The van der Waals surface area contributed by atoms with Crippen LogP contribution in [0.1, 0.15) is 42.6 Å². The molecule has 18 heavy (non-hydrogen) atoms. The van der Waals surface area contributed by atoms with Crippen molar-refractivity contribution in [2.24, 2.45) is 5.73 Å². The zero-order valence-electron chi connectivity index (χ0n) is 11.3. The van der Waals surface area contributed by atoms with Crippen molar-refractivity contribution < 1.29 is 9.90 Å². The van der Waals surface area contributed by atoms with Crippen LogP contribution in [-0.2, 0) is 0 Å². The Kier molecular flexibility index (Phi) is 4.73. The maximum atomic E-state index is 12.0. The highest BCUT2D eigenvalue weighted by Gasteiger charge is 2.21. The Labute approximate surface area is 108 Å². The molecular formula is C14H22N2O2. The number of aryl methyl sites for hydroxylation is 1. The van der Waals surface area contributed by atoms with Crippen molar-refractivity contribution in [2.75, 3.05) is 6.54 Å². The minimum Gasteiger partial charge on any atom is -0.508 e. The van der Waals surface area contributed by atoms with Gasteiger partial charge in [0.1, 0.15) is 5.75 Å². The number of carbonyl (C=O) groups excluding carboxylic acids is 1. The van der Waals surface area contributed by atoms with E-state index in [4.69, 9.17) is 5.73 Å². The molecule has 1 amide bonds. The van der Waals surface area contributed by atoms with Gasteiger partial charge in [0.15, 0.2) is 0 Å². The fraction of sp³-hybridized carbons (Fsp3) is 0.500. The lowest BCUT2D eigenvalue weighted by molar-refractivity contribution is 0.0941. The van der Waals surface area contributed by atoms with E-state index >= 15 is 0 Å². The highest BCUT2D eigenvalue weighted by molar-refractivity contribution is 5.95. The quantitative estimate of drug-likeness (QED) is 0.747. The van der Waals surface area contributed by atoms with Crippen molar-refractivity contribution in [2.45, 2.75) is 39.2 Å². The molecule has 0 fully saturated rings. The predicted molar refractivity (Wildman–Crippen MR) is 72.7 cm³/mol. The van der Waals surface area contributed by atoms with Crippen molar-refractivity contribution in [3.8, 4) is 5.75 Å². The van der Waals surface area contributed by atoms with Gasteiger partial charge in [0.25, 0.3) is 5.91 Å². The van der Waals surface area contributed by atoms with Crippen LogP contribution in [0.2, 0.25) is 0 Å². The normalized spacial score (nSPS) is 11.3. The van der Waals surface area contributed by atoms with Crippen LogP contribution >= 0.6 is 0 Å². The molecule has 0 aromatic heterocycles. The van der Waals surface area contributed by atoms with Gasteiger partial charge in [0.05, 0.1) is 0 Å². The Bertz CT molecular complexity index is 426. The molecule has 0 aliphatic heterocycles. The summed E-state index contributed by atoms with van der Waals surface area (Å²) < 4.78 is 0. The molecule has 0 unspecified atom stereocenters. The Hall–Kier alpha value is -1.55. The molecule has 0 aliphatic rings. The summed E-state index contributed by atoms with van der Waals surface area (Å²) in [5.74, 6) is 0.0172. The first-order chi connectivity index (χ1) is 8.41. The number of nitrogens with two attached hydrogens (primary N) is 1. The average molecular weight is 250 g/mol. The smallest absolute Gasteiger partial charge is 0.251 e. The Morgan fingerprint density at radius 3 is 2.50 bits per heavy atom. The van der Waals surface area contributed by atoms with Crippen LogP contribution in [0.3, 0.4) is 0 Å². The summed E-state index contributed by atoms with van der Waals surface area (Å²) >= 11 is 0. The Morgan fingerprint density at radius 1 is 1.39 bits per heavy atom. The molecule has 4 N–H and O–H groups in total. The van der Waals surface area contributed by atoms with E-state index < -0.39 is 0 Å². The van der Waals surface area contributed by atoms with E-state index in [1.54, 1.807) is 19.1 Å². The summed E-state index contributed by atoms with van der Waals surface area (Å²) in [6.45, 7) is 6.28. The van der Waals surface area contributed by atoms with Crippen LogP contribution in [0.5, 0.6) is 5.75 Å². The van der Waals surface area contributed by atoms with E-state index in [9.17, 15) is 9.90 Å². The van der Waals surface area contributed by atoms with Gasteiger partial charge in [-0.25, -0.2) is 0 Å². The van der Waals surface area contributed by atoms with Crippen molar-refractivity contribution in [1.29, 1.82) is 0 Å². The number of aromatic hydroxyl groups is 1. The van der Waals surface area contributed by atoms with Crippen LogP contribution in [0, 0.1) is 6.92 Å². The zero-order valence-corrected chi connectivity index (χ0v) is 11.3. The summed E-state index contributed by atoms with van der Waals surface area (Å²) in [5, 5.41) is 12.2. The molecule has 0 heterocycles. The summed E-state index contributed by atoms with van der Waals surface area (Å²) in [4.78, 5) is 12.0. The van der Waals surface area contributed by atoms with Crippen molar-refractivity contribution >= 4 is 5.91 Å². The second-order valence-electron chi connectivity index (χ2n) is 4.75. The number of carbonyl (C=O) groups is 1. The van der Waals surface area contributed by atoms with Crippen molar-refractivity contribution in [3.63, 3.8) is 0 Å². The van der Waals surface area contributed by atoms with Crippen LogP contribution in [-0.4, -0.2) is 23.1 Å². The summed E-state index contributed by atoms with van der Waals surface area (Å²) in [6.07, 6.45) is 1.64. The molecule has 100 valence electrons. The molecule has 0 bridgehead atoms. The van der Waals surface area contributed by atoms with E-state index in [1.807, 2.05) is 13.8 Å². The molecule has 0 radical (unpaired) electrons. The standard InChI is InChI=1S/C14H22N2O2/c1-4-14(15,5-2)9-16-13(18)12-7-6-11(17)8-10(12)3/h6-8,17H,4-5,9,15H2,1-3H3,(H,16,18). The van der Waals surface area contributed by atoms with Gasteiger partial charge in [-0.05, 0) is 43.5 Å². The largest absolute Gasteiger partial charge is 0.508 e. The first kappa shape index (κ1) is 14.5. The monoisotopic (exact) mass is 250 g/mol. The minimum atomic E-state index is -0.347. The summed E-state index contributed by atoms with van der Waals surface area (Å²) in [6, 6.07) is 4.71. The van der Waals surface area contributed by atoms with Crippen molar-refractivity contribution in [1.82, 2.24) is 5.32 Å². The fourth-order valence-corrected chi connectivity index (χ4v) is 1.75. The molecule has 1 aromatic rings. The van der Waals surface area contributed by atoms with E-state index in [-0.39, 0.29) is 17.2 Å². The number of rotatable bonds is 5. The molecule has 0 saturated heterocycles. The number of amides is 1. The van der Waals surface area contributed by atoms with Gasteiger partial charge in [-0.2, -0.15) is 0 Å². The van der Waals surface area contributed by atoms with E-state index in [2.05, 4.69) is 5.32 Å². The molecule has 1 aromatic carbocycles. The lowest BCUT2D eigenvalue weighted by Gasteiger charge is -2.26. The molecule has 0 aliphatic carbocycles. The molecular weight excluding hydrogens is 228 g/mol. The topological polar surface area (TPSA) is 75.3 Å². The number of phenols is 1. The molecule has 4 nitrogen and oxygen atoms in total. The number of nitrogens with one attached hydrogen (secondary N) is 1. The third-order valence-corrected chi connectivity index (χ3v) is 3.46. The Balaban J connectivity index is 2.71. The third kappa shape index (κ3) is 3.47. The van der Waals surface area contributed by atoms with Gasteiger partial charge in [-0.1, -0.05) is 13.8 Å². The van der Waals surface area contributed by atoms with Gasteiger partial charge < -0.3 is 16.2 Å². The lowest BCUT2D eigenvalue weighted by Crippen LogP contribution is -2.49. The molecule has 1 rings (SSSR count). The number of benzene rings is 1. The van der Waals surface area contributed by atoms with E-state index in [0.29, 0.717) is 12.1 Å². The fourth-order valence-electron chi connectivity index (χ4n) is 1.75. The highest BCUT2D eigenvalue weighted by atomic mass is 16.3. The third-order valence-electron chi connectivity index (χ3n) is 3.46. The molecule has 0 atom stereocenters. The zero-order chi connectivity index (χ0) is 13.8. The summed E-state index contributed by atoms with van der Waals surface area (Å²) in [5.41, 5.74) is 7.11. The Morgan fingerprint density at radius 2 is 2.00 bits per heavy atom. The molecule has 0 saturated carbocycles. The lowest BCUT2D eigenvalue weighted by atomic mass is 9.94. The summed E-state index contributed by atoms with van der Waals surface area (Å²) in [7, 11) is 0. The molecule has 0 spiro atoms. The minimum absolute atomic E-state index is 0.149. The van der Waals surface area contributed by atoms with Crippen molar-refractivity contribution in [3.05, 3.63) is 29.3 Å². The SMILES string of the molecule is CCC(N)(CC)CNC(=O)c1ccc(O)cc1C. The van der Waals surface area contributed by atoms with Gasteiger partial charge in [-0.15, -0.1) is 0 Å². The first-order valence-corrected chi connectivity index (χ1v) is 6.28. The molecule has 4 heteroatoms. The van der Waals surface area contributed by atoms with Gasteiger partial charge in [0, 0.05) is 17.6 Å². The maximum absolute atomic E-state index is 12.0. The van der Waals surface area contributed by atoms with Crippen LogP contribution < -0.4 is 11.1 Å². The van der Waals surface area contributed by atoms with Gasteiger partial charge in [-0.3, -0.25) is 4.79 Å². The van der Waals surface area contributed by atoms with Crippen LogP contribution in [0.4, 0.5) is 0 Å². The van der Waals surface area contributed by atoms with Gasteiger partial charge >= 0.3 is 0 Å². The average Bonchev–Trinajstić information content (AvgIpc) is 2.35. The van der Waals surface area contributed by atoms with E-state index in [0.717, 1.165) is 18.4 Å². The maximum Gasteiger partial charge on any atom is 0.251 e. The first-order valence-electron chi connectivity index (χ1n) is 6.28. The number of hydrogen-bond donors (Lipinski definition) is 3. The van der Waals surface area contributed by atoms with Crippen LogP contribution in [0.15, 0.2) is 18.2 Å². The number of phenolic OH excluding ortho intramolecular Hbond substituents is 1. The predicted octanol–water partition coefficient (Wildman–Crippen LogP) is 1.95. The highest BCUT2D eigenvalue weighted by Crippen LogP contribution is 2.16. The second kappa shape index (κ2) is 5.87. The van der Waals surface area contributed by atoms with E-state index in [1.165, 1.54) is 6.07 Å². The van der Waals surface area contributed by atoms with Crippen LogP contribution in [0.25, 0.3) is 0 Å². The number of hydrogen-bond acceptors (Lipinski definition) is 3. The second-order valence-corrected chi connectivity index (χ2v) is 4.75. The van der Waals surface area contributed by atoms with Gasteiger partial charge in [0.2, 0.25) is 0 Å².